The molecule has 1 heterocycles. The summed E-state index contributed by atoms with van der Waals surface area (Å²) >= 11 is 0. The maximum absolute atomic E-state index is 3.76. The van der Waals surface area contributed by atoms with Gasteiger partial charge in [0.2, 0.25) is 0 Å². The highest BCUT2D eigenvalue weighted by Gasteiger charge is 2.36. The van der Waals surface area contributed by atoms with E-state index >= 15 is 0 Å². The summed E-state index contributed by atoms with van der Waals surface area (Å²) in [4.78, 5) is 2.69. The van der Waals surface area contributed by atoms with E-state index in [9.17, 15) is 0 Å². The zero-order valence-electron chi connectivity index (χ0n) is 14.6. The first kappa shape index (κ1) is 16.5. The van der Waals surface area contributed by atoms with E-state index < -0.39 is 0 Å². The van der Waals surface area contributed by atoms with Crippen molar-refractivity contribution in [3.05, 3.63) is 35.4 Å². The zero-order valence-corrected chi connectivity index (χ0v) is 14.6. The van der Waals surface area contributed by atoms with Crippen molar-refractivity contribution >= 4 is 0 Å². The minimum absolute atomic E-state index is 0.304. The summed E-state index contributed by atoms with van der Waals surface area (Å²) in [6.45, 7) is 17.2. The second-order valence-corrected chi connectivity index (χ2v) is 8.06. The van der Waals surface area contributed by atoms with Gasteiger partial charge in [-0.25, -0.2) is 0 Å². The van der Waals surface area contributed by atoms with Gasteiger partial charge >= 0.3 is 0 Å². The molecule has 0 radical (unpaired) electrons. The zero-order chi connectivity index (χ0) is 15.6. The van der Waals surface area contributed by atoms with E-state index in [2.05, 4.69) is 76.0 Å². The Bertz CT molecular complexity index is 459. The van der Waals surface area contributed by atoms with Gasteiger partial charge in [-0.1, -0.05) is 64.4 Å². The summed E-state index contributed by atoms with van der Waals surface area (Å²) < 4.78 is 0. The van der Waals surface area contributed by atoms with Crippen molar-refractivity contribution in [1.29, 1.82) is 0 Å². The van der Waals surface area contributed by atoms with E-state index in [0.29, 0.717) is 23.4 Å². The summed E-state index contributed by atoms with van der Waals surface area (Å²) in [7, 11) is 0. The third-order valence-corrected chi connectivity index (χ3v) is 4.72. The molecule has 1 saturated heterocycles. The SMILES string of the molecule is Cc1cccc(CN2CC(C(C)C)NCC2C(C)(C)C)c1. The Morgan fingerprint density at radius 1 is 1.29 bits per heavy atom. The van der Waals surface area contributed by atoms with Crippen molar-refractivity contribution in [2.24, 2.45) is 11.3 Å². The molecule has 1 aliphatic heterocycles. The summed E-state index contributed by atoms with van der Waals surface area (Å²) in [6, 6.07) is 10.1. The monoisotopic (exact) mass is 288 g/mol. The molecule has 1 fully saturated rings. The molecule has 1 N–H and O–H groups in total. The third-order valence-electron chi connectivity index (χ3n) is 4.72. The smallest absolute Gasteiger partial charge is 0.0273 e. The highest BCUT2D eigenvalue weighted by atomic mass is 15.2. The number of benzene rings is 1. The molecule has 1 aliphatic rings. The average Bonchev–Trinajstić information content (AvgIpc) is 2.37. The fourth-order valence-corrected chi connectivity index (χ4v) is 3.36. The van der Waals surface area contributed by atoms with Crippen LogP contribution >= 0.6 is 0 Å². The molecule has 0 saturated carbocycles. The van der Waals surface area contributed by atoms with Gasteiger partial charge in [-0.15, -0.1) is 0 Å². The van der Waals surface area contributed by atoms with Crippen LogP contribution in [0.15, 0.2) is 24.3 Å². The molecule has 0 spiro atoms. The van der Waals surface area contributed by atoms with Crippen molar-refractivity contribution in [3.8, 4) is 0 Å². The lowest BCUT2D eigenvalue weighted by atomic mass is 9.82. The number of hydrogen-bond donors (Lipinski definition) is 1. The maximum atomic E-state index is 3.76. The molecule has 1 aromatic carbocycles. The van der Waals surface area contributed by atoms with Gasteiger partial charge in [0.05, 0.1) is 0 Å². The predicted octanol–water partition coefficient (Wildman–Crippen LogP) is 3.84. The van der Waals surface area contributed by atoms with E-state index in [1.165, 1.54) is 11.1 Å². The molecular weight excluding hydrogens is 256 g/mol. The molecule has 1 aromatic rings. The van der Waals surface area contributed by atoms with Crippen LogP contribution in [0.2, 0.25) is 0 Å². The van der Waals surface area contributed by atoms with Crippen LogP contribution in [0.5, 0.6) is 0 Å². The van der Waals surface area contributed by atoms with Crippen molar-refractivity contribution in [2.45, 2.75) is 60.2 Å². The summed E-state index contributed by atoms with van der Waals surface area (Å²) in [5, 5.41) is 3.76. The van der Waals surface area contributed by atoms with Crippen molar-refractivity contribution in [2.75, 3.05) is 13.1 Å². The molecule has 0 aromatic heterocycles. The van der Waals surface area contributed by atoms with Crippen LogP contribution < -0.4 is 5.32 Å². The van der Waals surface area contributed by atoms with E-state index in [0.717, 1.165) is 19.6 Å². The lowest BCUT2D eigenvalue weighted by molar-refractivity contribution is 0.0400. The molecule has 2 atom stereocenters. The van der Waals surface area contributed by atoms with Gasteiger partial charge in [0.25, 0.3) is 0 Å². The van der Waals surface area contributed by atoms with Gasteiger partial charge in [-0.3, -0.25) is 4.90 Å². The average molecular weight is 288 g/mol. The number of nitrogens with one attached hydrogen (secondary N) is 1. The number of rotatable bonds is 3. The quantitative estimate of drug-likeness (QED) is 0.909. The lowest BCUT2D eigenvalue weighted by Crippen LogP contribution is -2.61. The minimum Gasteiger partial charge on any atom is -0.311 e. The van der Waals surface area contributed by atoms with Gasteiger partial charge in [0, 0.05) is 31.7 Å². The van der Waals surface area contributed by atoms with Crippen LogP contribution in [-0.2, 0) is 6.54 Å². The lowest BCUT2D eigenvalue weighted by Gasteiger charge is -2.47. The Balaban J connectivity index is 2.17. The van der Waals surface area contributed by atoms with Gasteiger partial charge < -0.3 is 5.32 Å². The fraction of sp³-hybridized carbons (Fsp3) is 0.684. The minimum atomic E-state index is 0.304. The predicted molar refractivity (Wildman–Crippen MR) is 91.5 cm³/mol. The van der Waals surface area contributed by atoms with Crippen LogP contribution in [0, 0.1) is 18.3 Å². The summed E-state index contributed by atoms with van der Waals surface area (Å²) in [5.41, 5.74) is 3.10. The molecule has 0 amide bonds. The number of piperazine rings is 1. The standard InChI is InChI=1S/C19H32N2/c1-14(2)17-13-21(18(11-20-17)19(4,5)6)12-16-9-7-8-15(3)10-16/h7-10,14,17-18,20H,11-13H2,1-6H3. The van der Waals surface area contributed by atoms with Gasteiger partial charge in [0.1, 0.15) is 0 Å². The van der Waals surface area contributed by atoms with E-state index in [-0.39, 0.29) is 0 Å². The van der Waals surface area contributed by atoms with E-state index in [1.54, 1.807) is 0 Å². The molecule has 0 bridgehead atoms. The van der Waals surface area contributed by atoms with Crippen LogP contribution in [0.1, 0.15) is 45.7 Å². The number of hydrogen-bond acceptors (Lipinski definition) is 2. The number of nitrogens with zero attached hydrogens (tertiary/aromatic N) is 1. The largest absolute Gasteiger partial charge is 0.311 e. The molecule has 118 valence electrons. The molecule has 21 heavy (non-hydrogen) atoms. The van der Waals surface area contributed by atoms with Crippen LogP contribution in [0.3, 0.4) is 0 Å². The van der Waals surface area contributed by atoms with E-state index in [1.807, 2.05) is 0 Å². The van der Waals surface area contributed by atoms with E-state index in [4.69, 9.17) is 0 Å². The first-order valence-electron chi connectivity index (χ1n) is 8.30. The van der Waals surface area contributed by atoms with Gasteiger partial charge in [0.15, 0.2) is 0 Å². The second-order valence-electron chi connectivity index (χ2n) is 8.06. The Hall–Kier alpha value is -0.860. The van der Waals surface area contributed by atoms with Gasteiger partial charge in [-0.05, 0) is 23.8 Å². The van der Waals surface area contributed by atoms with Crippen molar-refractivity contribution < 1.29 is 0 Å². The normalized spacial score (nSPS) is 24.5. The summed E-state index contributed by atoms with van der Waals surface area (Å²) in [6.07, 6.45) is 0. The highest BCUT2D eigenvalue weighted by molar-refractivity contribution is 5.22. The molecule has 2 rings (SSSR count). The van der Waals surface area contributed by atoms with Crippen LogP contribution in [0.25, 0.3) is 0 Å². The Labute approximate surface area is 130 Å². The Morgan fingerprint density at radius 2 is 2.00 bits per heavy atom. The topological polar surface area (TPSA) is 15.3 Å². The molecule has 2 nitrogen and oxygen atoms in total. The molecule has 2 unspecified atom stereocenters. The van der Waals surface area contributed by atoms with Gasteiger partial charge in [-0.2, -0.15) is 0 Å². The van der Waals surface area contributed by atoms with Crippen molar-refractivity contribution in [1.82, 2.24) is 10.2 Å². The van der Waals surface area contributed by atoms with Crippen molar-refractivity contribution in [3.63, 3.8) is 0 Å². The molecular formula is C19H32N2. The molecule has 0 aliphatic carbocycles. The second kappa shape index (κ2) is 6.50. The third kappa shape index (κ3) is 4.31. The molecule has 2 heteroatoms. The first-order chi connectivity index (χ1) is 9.77. The Morgan fingerprint density at radius 3 is 2.57 bits per heavy atom. The summed E-state index contributed by atoms with van der Waals surface area (Å²) in [5.74, 6) is 0.686. The Kier molecular flexibility index (Phi) is 5.11. The fourth-order valence-electron chi connectivity index (χ4n) is 3.36. The highest BCUT2D eigenvalue weighted by Crippen LogP contribution is 2.29. The number of aryl methyl sites for hydroxylation is 1. The maximum Gasteiger partial charge on any atom is 0.0273 e. The van der Waals surface area contributed by atoms with Crippen LogP contribution in [0.4, 0.5) is 0 Å². The van der Waals surface area contributed by atoms with Crippen LogP contribution in [-0.4, -0.2) is 30.1 Å². The first-order valence-corrected chi connectivity index (χ1v) is 8.30.